The maximum Gasteiger partial charge on any atom is 0.335 e. The first kappa shape index (κ1) is 15.0. The molecular weight excluding hydrogens is 273 g/mol. The number of aromatic carboxylic acids is 1. The third-order valence-electron chi connectivity index (χ3n) is 3.06. The van der Waals surface area contributed by atoms with Crippen molar-refractivity contribution in [3.63, 3.8) is 0 Å². The van der Waals surface area contributed by atoms with Crippen molar-refractivity contribution in [3.05, 3.63) is 65.0 Å². The van der Waals surface area contributed by atoms with Gasteiger partial charge in [0.15, 0.2) is 0 Å². The monoisotopic (exact) mass is 289 g/mol. The molecule has 3 N–H and O–H groups in total. The summed E-state index contributed by atoms with van der Waals surface area (Å²) in [7, 11) is 0. The fraction of sp³-hybridized carbons (Fsp3) is 0.188. The minimum Gasteiger partial charge on any atom is -0.489 e. The molecule has 110 valence electrons. The Hall–Kier alpha value is -2.40. The van der Waals surface area contributed by atoms with Gasteiger partial charge in [-0.1, -0.05) is 12.1 Å². The lowest BCUT2D eigenvalue weighted by Gasteiger charge is -2.14. The van der Waals surface area contributed by atoms with Gasteiger partial charge < -0.3 is 15.6 Å². The third kappa shape index (κ3) is 3.79. The first-order valence-electron chi connectivity index (χ1n) is 6.47. The molecule has 0 aliphatic carbocycles. The molecule has 0 bridgehead atoms. The molecule has 2 aromatic carbocycles. The molecule has 4 nitrogen and oxygen atoms in total. The fourth-order valence-electron chi connectivity index (χ4n) is 1.91. The highest BCUT2D eigenvalue weighted by molar-refractivity contribution is 5.87. The highest BCUT2D eigenvalue weighted by Gasteiger charge is 2.10. The Kier molecular flexibility index (Phi) is 4.55. The molecule has 0 heterocycles. The maximum absolute atomic E-state index is 13.2. The van der Waals surface area contributed by atoms with Crippen LogP contribution >= 0.6 is 0 Å². The Morgan fingerprint density at radius 2 is 1.95 bits per heavy atom. The number of rotatable bonds is 5. The van der Waals surface area contributed by atoms with Crippen LogP contribution in [0, 0.1) is 5.82 Å². The van der Waals surface area contributed by atoms with Crippen LogP contribution in [0.4, 0.5) is 4.39 Å². The zero-order chi connectivity index (χ0) is 15.4. The van der Waals surface area contributed by atoms with E-state index in [9.17, 15) is 9.18 Å². The van der Waals surface area contributed by atoms with E-state index in [0.29, 0.717) is 11.3 Å². The lowest BCUT2D eigenvalue weighted by atomic mass is 10.1. The number of halogens is 1. The molecule has 0 saturated carbocycles. The predicted molar refractivity (Wildman–Crippen MR) is 76.7 cm³/mol. The van der Waals surface area contributed by atoms with Crippen molar-refractivity contribution in [2.75, 3.05) is 0 Å². The van der Waals surface area contributed by atoms with E-state index in [1.165, 1.54) is 24.3 Å². The van der Waals surface area contributed by atoms with Crippen LogP contribution in [0.3, 0.4) is 0 Å². The van der Waals surface area contributed by atoms with E-state index in [1.807, 2.05) is 0 Å². The number of hydrogen-bond donors (Lipinski definition) is 2. The largest absolute Gasteiger partial charge is 0.489 e. The molecule has 0 saturated heterocycles. The minimum atomic E-state index is -0.972. The first-order chi connectivity index (χ1) is 9.97. The van der Waals surface area contributed by atoms with Gasteiger partial charge >= 0.3 is 5.97 Å². The Morgan fingerprint density at radius 3 is 2.52 bits per heavy atom. The van der Waals surface area contributed by atoms with Gasteiger partial charge in [0.05, 0.1) is 5.56 Å². The van der Waals surface area contributed by atoms with Crippen molar-refractivity contribution >= 4 is 5.97 Å². The summed E-state index contributed by atoms with van der Waals surface area (Å²) >= 11 is 0. The normalized spacial score (nSPS) is 12.0. The number of hydrogen-bond acceptors (Lipinski definition) is 3. The van der Waals surface area contributed by atoms with E-state index < -0.39 is 5.97 Å². The summed E-state index contributed by atoms with van der Waals surface area (Å²) in [5.41, 5.74) is 7.43. The first-order valence-corrected chi connectivity index (χ1v) is 6.47. The zero-order valence-electron chi connectivity index (χ0n) is 11.5. The second kappa shape index (κ2) is 6.37. The van der Waals surface area contributed by atoms with Gasteiger partial charge in [0, 0.05) is 11.6 Å². The molecule has 0 spiro atoms. The van der Waals surface area contributed by atoms with Gasteiger partial charge in [0.2, 0.25) is 0 Å². The van der Waals surface area contributed by atoms with Crippen molar-refractivity contribution in [2.45, 2.75) is 19.6 Å². The number of nitrogens with two attached hydrogens (primary N) is 1. The summed E-state index contributed by atoms with van der Waals surface area (Å²) in [6.07, 6.45) is 0. The lowest BCUT2D eigenvalue weighted by molar-refractivity contribution is 0.0697. The molecule has 0 unspecified atom stereocenters. The standard InChI is InChI=1S/C16H16FNO3/c1-10(18)14-8-13(17)6-7-15(14)21-9-11-2-4-12(5-3-11)16(19)20/h2-8,10H,9,18H2,1H3,(H,19,20)/t10-/m0/s1. The molecule has 0 aliphatic heterocycles. The van der Waals surface area contributed by atoms with Gasteiger partial charge in [-0.2, -0.15) is 0 Å². The third-order valence-corrected chi connectivity index (χ3v) is 3.06. The molecule has 0 fully saturated rings. The average Bonchev–Trinajstić information content (AvgIpc) is 2.46. The Morgan fingerprint density at radius 1 is 1.29 bits per heavy atom. The van der Waals surface area contributed by atoms with Crippen LogP contribution < -0.4 is 10.5 Å². The van der Waals surface area contributed by atoms with Gasteiger partial charge in [-0.05, 0) is 42.8 Å². The summed E-state index contributed by atoms with van der Waals surface area (Å²) in [4.78, 5) is 10.8. The SMILES string of the molecule is C[C@H](N)c1cc(F)ccc1OCc1ccc(C(=O)O)cc1. The van der Waals surface area contributed by atoms with Crippen molar-refractivity contribution in [1.82, 2.24) is 0 Å². The smallest absolute Gasteiger partial charge is 0.335 e. The Balaban J connectivity index is 2.11. The molecule has 21 heavy (non-hydrogen) atoms. The summed E-state index contributed by atoms with van der Waals surface area (Å²) < 4.78 is 18.9. The maximum atomic E-state index is 13.2. The molecule has 0 radical (unpaired) electrons. The fourth-order valence-corrected chi connectivity index (χ4v) is 1.91. The van der Waals surface area contributed by atoms with Crippen LogP contribution in [0.2, 0.25) is 0 Å². The average molecular weight is 289 g/mol. The quantitative estimate of drug-likeness (QED) is 0.887. The van der Waals surface area contributed by atoms with Crippen LogP contribution in [-0.2, 0) is 6.61 Å². The summed E-state index contributed by atoms with van der Waals surface area (Å²) in [6, 6.07) is 10.3. The summed E-state index contributed by atoms with van der Waals surface area (Å²) in [5.74, 6) is -0.811. The van der Waals surface area contributed by atoms with Crippen molar-refractivity contribution in [2.24, 2.45) is 5.73 Å². The number of carboxylic acids is 1. The second-order valence-electron chi connectivity index (χ2n) is 4.76. The highest BCUT2D eigenvalue weighted by Crippen LogP contribution is 2.25. The van der Waals surface area contributed by atoms with E-state index in [-0.39, 0.29) is 24.0 Å². The molecule has 2 rings (SSSR count). The molecule has 0 aromatic heterocycles. The summed E-state index contributed by atoms with van der Waals surface area (Å²) in [5, 5.41) is 8.83. The van der Waals surface area contributed by atoms with Crippen molar-refractivity contribution in [1.29, 1.82) is 0 Å². The van der Waals surface area contributed by atoms with Gasteiger partial charge in [-0.15, -0.1) is 0 Å². The molecule has 2 aromatic rings. The van der Waals surface area contributed by atoms with Crippen LogP contribution in [-0.4, -0.2) is 11.1 Å². The van der Waals surface area contributed by atoms with Gasteiger partial charge in [-0.3, -0.25) is 0 Å². The van der Waals surface area contributed by atoms with E-state index in [2.05, 4.69) is 0 Å². The van der Waals surface area contributed by atoms with Crippen LogP contribution in [0.5, 0.6) is 5.75 Å². The highest BCUT2D eigenvalue weighted by atomic mass is 19.1. The topological polar surface area (TPSA) is 72.5 Å². The second-order valence-corrected chi connectivity index (χ2v) is 4.76. The summed E-state index contributed by atoms with van der Waals surface area (Å²) in [6.45, 7) is 2.01. The van der Waals surface area contributed by atoms with E-state index in [1.54, 1.807) is 25.1 Å². The number of carboxylic acid groups (broad SMARTS) is 1. The zero-order valence-corrected chi connectivity index (χ0v) is 11.5. The van der Waals surface area contributed by atoms with Crippen LogP contribution in [0.25, 0.3) is 0 Å². The van der Waals surface area contributed by atoms with Gasteiger partial charge in [-0.25, -0.2) is 9.18 Å². The van der Waals surface area contributed by atoms with Crippen LogP contribution in [0.1, 0.15) is 34.5 Å². The van der Waals surface area contributed by atoms with Crippen molar-refractivity contribution < 1.29 is 19.0 Å². The molecular formula is C16H16FNO3. The van der Waals surface area contributed by atoms with Crippen LogP contribution in [0.15, 0.2) is 42.5 Å². The molecule has 1 atom stereocenters. The Labute approximate surface area is 122 Å². The molecule has 5 heteroatoms. The van der Waals surface area contributed by atoms with E-state index >= 15 is 0 Å². The molecule has 0 aliphatic rings. The lowest BCUT2D eigenvalue weighted by Crippen LogP contribution is -2.08. The number of benzene rings is 2. The Bertz CT molecular complexity index is 638. The van der Waals surface area contributed by atoms with Gasteiger partial charge in [0.1, 0.15) is 18.2 Å². The minimum absolute atomic E-state index is 0.219. The molecule has 0 amide bonds. The van der Waals surface area contributed by atoms with E-state index in [4.69, 9.17) is 15.6 Å². The van der Waals surface area contributed by atoms with Crippen molar-refractivity contribution in [3.8, 4) is 5.75 Å². The van der Waals surface area contributed by atoms with E-state index in [0.717, 1.165) is 5.56 Å². The predicted octanol–water partition coefficient (Wildman–Crippen LogP) is 3.12. The number of carbonyl (C=O) groups is 1. The van der Waals surface area contributed by atoms with Gasteiger partial charge in [0.25, 0.3) is 0 Å². The number of ether oxygens (including phenoxy) is 1.